The number of ether oxygens (including phenoxy) is 1. The number of methoxy groups -OCH3 is 1. The molecule has 8 heteroatoms. The first-order valence-corrected chi connectivity index (χ1v) is 12.1. The minimum absolute atomic E-state index is 0.0671. The summed E-state index contributed by atoms with van der Waals surface area (Å²) in [6, 6.07) is 12.5. The maximum atomic E-state index is 13.7. The lowest BCUT2D eigenvalue weighted by molar-refractivity contribution is -0.119. The van der Waals surface area contributed by atoms with Crippen LogP contribution in [0.2, 0.25) is 0 Å². The van der Waals surface area contributed by atoms with E-state index >= 15 is 0 Å². The second kappa shape index (κ2) is 9.26. The summed E-state index contributed by atoms with van der Waals surface area (Å²) in [5.74, 6) is -1.21. The average Bonchev–Trinajstić information content (AvgIpc) is 3.47. The Kier molecular flexibility index (Phi) is 6.43. The van der Waals surface area contributed by atoms with Crippen LogP contribution in [0.25, 0.3) is 0 Å². The van der Waals surface area contributed by atoms with Gasteiger partial charge in [0.15, 0.2) is 0 Å². The van der Waals surface area contributed by atoms with Gasteiger partial charge in [-0.15, -0.1) is 22.7 Å². The van der Waals surface area contributed by atoms with E-state index in [1.807, 2.05) is 40.6 Å². The van der Waals surface area contributed by atoms with Crippen LogP contribution in [0, 0.1) is 5.92 Å². The number of amides is 2. The molecule has 1 aliphatic rings. The number of benzene rings is 1. The van der Waals surface area contributed by atoms with E-state index in [1.54, 1.807) is 17.5 Å². The van der Waals surface area contributed by atoms with Gasteiger partial charge in [-0.1, -0.05) is 38.1 Å². The van der Waals surface area contributed by atoms with Crippen LogP contribution in [0.5, 0.6) is 0 Å². The van der Waals surface area contributed by atoms with Crippen molar-refractivity contribution < 1.29 is 19.1 Å². The highest BCUT2D eigenvalue weighted by molar-refractivity contribution is 7.12. The molecule has 2 amide bonds. The molecule has 2 atom stereocenters. The van der Waals surface area contributed by atoms with Crippen molar-refractivity contribution in [3.8, 4) is 0 Å². The van der Waals surface area contributed by atoms with Crippen LogP contribution in [0.4, 0.5) is 5.69 Å². The normalized spacial score (nSPS) is 17.9. The van der Waals surface area contributed by atoms with Gasteiger partial charge in [-0.25, -0.2) is 4.79 Å². The molecule has 1 aliphatic heterocycles. The number of esters is 1. The Labute approximate surface area is 194 Å². The Hall–Kier alpha value is -2.97. The van der Waals surface area contributed by atoms with Gasteiger partial charge in [0.2, 0.25) is 5.91 Å². The van der Waals surface area contributed by atoms with Crippen molar-refractivity contribution in [1.82, 2.24) is 4.90 Å². The van der Waals surface area contributed by atoms with Crippen LogP contribution >= 0.6 is 22.7 Å². The van der Waals surface area contributed by atoms with Crippen LogP contribution in [-0.2, 0) is 9.53 Å². The number of nitrogens with one attached hydrogen (secondary N) is 1. The number of carbonyl (C=O) groups is 3. The van der Waals surface area contributed by atoms with Crippen molar-refractivity contribution in [2.45, 2.75) is 25.8 Å². The third-order valence-corrected chi connectivity index (χ3v) is 7.25. The summed E-state index contributed by atoms with van der Waals surface area (Å²) < 4.78 is 4.84. The van der Waals surface area contributed by atoms with Crippen molar-refractivity contribution >= 4 is 46.1 Å². The van der Waals surface area contributed by atoms with Gasteiger partial charge < -0.3 is 15.0 Å². The molecule has 4 rings (SSSR count). The summed E-state index contributed by atoms with van der Waals surface area (Å²) in [7, 11) is 1.31. The van der Waals surface area contributed by atoms with E-state index in [-0.39, 0.29) is 17.7 Å². The number of thiophene rings is 2. The fourth-order valence-corrected chi connectivity index (χ4v) is 5.75. The summed E-state index contributed by atoms with van der Waals surface area (Å²) in [6.07, 6.45) is 0. The third kappa shape index (κ3) is 4.08. The molecule has 2 aromatic heterocycles. The van der Waals surface area contributed by atoms with Gasteiger partial charge in [0.1, 0.15) is 4.88 Å². The van der Waals surface area contributed by atoms with Crippen molar-refractivity contribution in [2.75, 3.05) is 19.0 Å². The van der Waals surface area contributed by atoms with Gasteiger partial charge in [-0.3, -0.25) is 9.59 Å². The lowest BCUT2D eigenvalue weighted by Gasteiger charge is -2.42. The van der Waals surface area contributed by atoms with Crippen molar-refractivity contribution in [1.29, 1.82) is 0 Å². The molecule has 1 aromatic carbocycles. The lowest BCUT2D eigenvalue weighted by Crippen LogP contribution is -2.47. The zero-order chi connectivity index (χ0) is 22.8. The smallest absolute Gasteiger partial charge is 0.350 e. The summed E-state index contributed by atoms with van der Waals surface area (Å²) in [6.45, 7) is 4.65. The molecular formula is C24H24N2O4S2. The molecule has 1 N–H and O–H groups in total. The Balaban J connectivity index is 1.80. The zero-order valence-electron chi connectivity index (χ0n) is 18.0. The summed E-state index contributed by atoms with van der Waals surface area (Å²) >= 11 is 2.74. The molecule has 0 spiro atoms. The fourth-order valence-electron chi connectivity index (χ4n) is 4.11. The topological polar surface area (TPSA) is 75.7 Å². The maximum absolute atomic E-state index is 13.7. The Morgan fingerprint density at radius 3 is 2.56 bits per heavy atom. The summed E-state index contributed by atoms with van der Waals surface area (Å²) in [5, 5.41) is 6.63. The van der Waals surface area contributed by atoms with Gasteiger partial charge in [-0.2, -0.15) is 0 Å². The summed E-state index contributed by atoms with van der Waals surface area (Å²) in [5.41, 5.74) is 1.66. The van der Waals surface area contributed by atoms with E-state index in [4.69, 9.17) is 4.74 Å². The molecule has 32 heavy (non-hydrogen) atoms. The van der Waals surface area contributed by atoms with Crippen LogP contribution in [0.3, 0.4) is 0 Å². The van der Waals surface area contributed by atoms with E-state index in [9.17, 15) is 14.4 Å². The number of hydrogen-bond donors (Lipinski definition) is 1. The van der Waals surface area contributed by atoms with E-state index in [0.29, 0.717) is 28.2 Å². The molecule has 3 heterocycles. The van der Waals surface area contributed by atoms with Crippen LogP contribution < -0.4 is 5.32 Å². The van der Waals surface area contributed by atoms with Crippen LogP contribution in [0.1, 0.15) is 56.3 Å². The van der Waals surface area contributed by atoms with Crippen LogP contribution in [0.15, 0.2) is 53.2 Å². The molecule has 0 aliphatic carbocycles. The SMILES string of the molecule is COC(=O)c1sccc1NC(=O)[C@H]1c2ccccc2C(=O)N(CC(C)C)[C@@H]1c1cccs1. The van der Waals surface area contributed by atoms with Crippen molar-refractivity contribution in [3.63, 3.8) is 0 Å². The number of carbonyl (C=O) groups excluding carboxylic acids is 3. The van der Waals surface area contributed by atoms with Gasteiger partial charge >= 0.3 is 5.97 Å². The molecule has 0 saturated carbocycles. The van der Waals surface area contributed by atoms with E-state index < -0.39 is 17.9 Å². The minimum Gasteiger partial charge on any atom is -0.465 e. The van der Waals surface area contributed by atoms with E-state index in [1.165, 1.54) is 29.8 Å². The highest BCUT2D eigenvalue weighted by Crippen LogP contribution is 2.45. The second-order valence-corrected chi connectivity index (χ2v) is 9.92. The fraction of sp³-hybridized carbons (Fsp3) is 0.292. The molecule has 166 valence electrons. The predicted molar refractivity (Wildman–Crippen MR) is 126 cm³/mol. The molecule has 0 saturated heterocycles. The first-order chi connectivity index (χ1) is 15.4. The highest BCUT2D eigenvalue weighted by atomic mass is 32.1. The lowest BCUT2D eigenvalue weighted by atomic mass is 9.81. The number of anilines is 1. The zero-order valence-corrected chi connectivity index (χ0v) is 19.7. The predicted octanol–water partition coefficient (Wildman–Crippen LogP) is 5.17. The molecule has 0 bridgehead atoms. The van der Waals surface area contributed by atoms with Gasteiger partial charge in [0.25, 0.3) is 5.91 Å². The first kappa shape index (κ1) is 22.2. The van der Waals surface area contributed by atoms with E-state index in [2.05, 4.69) is 19.2 Å². The molecule has 6 nitrogen and oxygen atoms in total. The first-order valence-electron chi connectivity index (χ1n) is 10.3. The van der Waals surface area contributed by atoms with E-state index in [0.717, 1.165) is 4.88 Å². The maximum Gasteiger partial charge on any atom is 0.350 e. The van der Waals surface area contributed by atoms with Crippen LogP contribution in [-0.4, -0.2) is 36.3 Å². The van der Waals surface area contributed by atoms with Gasteiger partial charge in [0.05, 0.1) is 24.8 Å². The average molecular weight is 469 g/mol. The summed E-state index contributed by atoms with van der Waals surface area (Å²) in [4.78, 5) is 42.4. The number of nitrogens with zero attached hydrogens (tertiary/aromatic N) is 1. The second-order valence-electron chi connectivity index (χ2n) is 8.02. The molecule has 0 fully saturated rings. The van der Waals surface area contributed by atoms with Gasteiger partial charge in [-0.05, 0) is 40.4 Å². The van der Waals surface area contributed by atoms with Gasteiger partial charge in [0, 0.05) is 17.0 Å². The van der Waals surface area contributed by atoms with Crippen molar-refractivity contribution in [2.24, 2.45) is 5.92 Å². The van der Waals surface area contributed by atoms with Crippen molar-refractivity contribution in [3.05, 3.63) is 74.1 Å². The Bertz CT molecular complexity index is 1140. The number of rotatable bonds is 6. The Morgan fingerprint density at radius 2 is 1.88 bits per heavy atom. The molecular weight excluding hydrogens is 444 g/mol. The quantitative estimate of drug-likeness (QED) is 0.506. The standard InChI is InChI=1S/C24H24N2O4S2/c1-14(2)13-26-20(18-9-6-11-31-18)19(15-7-4-5-8-16(15)23(26)28)22(27)25-17-10-12-32-21(17)24(29)30-3/h4-12,14,19-20H,13H2,1-3H3,(H,25,27)/t19-,20+/m0/s1. The molecule has 0 unspecified atom stereocenters. The molecule has 0 radical (unpaired) electrons. The minimum atomic E-state index is -0.619. The molecule has 3 aromatic rings. The number of fused-ring (bicyclic) bond motifs is 1. The number of hydrogen-bond acceptors (Lipinski definition) is 6. The largest absolute Gasteiger partial charge is 0.465 e. The Morgan fingerprint density at radius 1 is 1.09 bits per heavy atom. The third-order valence-electron chi connectivity index (χ3n) is 5.41. The highest BCUT2D eigenvalue weighted by Gasteiger charge is 2.44. The monoisotopic (exact) mass is 468 g/mol.